The molecule has 1 aliphatic rings. The van der Waals surface area contributed by atoms with Crippen molar-refractivity contribution < 1.29 is 33.0 Å². The van der Waals surface area contributed by atoms with Gasteiger partial charge in [0.05, 0.1) is 12.1 Å². The first-order valence-electron chi connectivity index (χ1n) is 9.74. The van der Waals surface area contributed by atoms with Gasteiger partial charge in [0.15, 0.2) is 17.3 Å². The Hall–Kier alpha value is -3.69. The quantitative estimate of drug-likeness (QED) is 0.360. The lowest BCUT2D eigenvalue weighted by molar-refractivity contribution is 0.0606. The maximum Gasteiger partial charge on any atom is 0.349 e. The summed E-state index contributed by atoms with van der Waals surface area (Å²) in [5.41, 5.74) is 0.538. The number of halogens is 1. The molecule has 10 heteroatoms. The molecule has 2 aromatic carbocycles. The van der Waals surface area contributed by atoms with E-state index >= 15 is 0 Å². The van der Waals surface area contributed by atoms with Crippen molar-refractivity contribution in [3.63, 3.8) is 0 Å². The summed E-state index contributed by atoms with van der Waals surface area (Å²) in [4.78, 5) is 24.8. The number of ether oxygens (including phenoxy) is 4. The molecule has 2 aromatic heterocycles. The van der Waals surface area contributed by atoms with Crippen LogP contribution in [0, 0.1) is 0 Å². The number of nitrogens with one attached hydrogen (secondary N) is 1. The molecule has 0 radical (unpaired) electrons. The van der Waals surface area contributed by atoms with Crippen LogP contribution in [0.3, 0.4) is 0 Å². The predicted molar refractivity (Wildman–Crippen MR) is 122 cm³/mol. The van der Waals surface area contributed by atoms with E-state index in [2.05, 4.69) is 5.32 Å². The zero-order chi connectivity index (χ0) is 22.9. The van der Waals surface area contributed by atoms with Crippen molar-refractivity contribution in [2.45, 2.75) is 6.61 Å². The number of carbonyl (C=O) groups excluding carboxylic acids is 2. The monoisotopic (exact) mass is 485 g/mol. The topological polar surface area (TPSA) is 96.2 Å². The van der Waals surface area contributed by atoms with Crippen LogP contribution in [-0.2, 0) is 11.3 Å². The smallest absolute Gasteiger partial charge is 0.349 e. The molecule has 0 aliphatic carbocycles. The molecule has 0 saturated carbocycles. The standard InChI is InChI=1S/C23H16ClNO7S/c1-28-23(27)21-20(24)15-5-2-12(8-19(15)33-21)25-22(26)17-7-4-14(32-17)10-29-13-3-6-16-18(9-13)31-11-30-16/h2-9H,10-11H2,1H3,(H,25,26). The fraction of sp³-hybridized carbons (Fsp3) is 0.130. The number of carbonyl (C=O) groups is 2. The van der Waals surface area contributed by atoms with E-state index in [1.54, 1.807) is 48.5 Å². The Morgan fingerprint density at radius 2 is 1.94 bits per heavy atom. The van der Waals surface area contributed by atoms with Gasteiger partial charge >= 0.3 is 5.97 Å². The van der Waals surface area contributed by atoms with E-state index in [-0.39, 0.29) is 19.2 Å². The first-order chi connectivity index (χ1) is 16.0. The van der Waals surface area contributed by atoms with Gasteiger partial charge in [0.1, 0.15) is 23.0 Å². The molecule has 1 N–H and O–H groups in total. The number of hydrogen-bond acceptors (Lipinski definition) is 8. The van der Waals surface area contributed by atoms with Crippen LogP contribution in [0.1, 0.15) is 26.0 Å². The van der Waals surface area contributed by atoms with Gasteiger partial charge in [-0.15, -0.1) is 11.3 Å². The normalized spacial score (nSPS) is 12.1. The zero-order valence-corrected chi connectivity index (χ0v) is 18.7. The summed E-state index contributed by atoms with van der Waals surface area (Å²) in [7, 11) is 1.30. The van der Waals surface area contributed by atoms with Gasteiger partial charge in [-0.25, -0.2) is 4.79 Å². The number of fused-ring (bicyclic) bond motifs is 2. The Morgan fingerprint density at radius 3 is 2.79 bits per heavy atom. The van der Waals surface area contributed by atoms with Gasteiger partial charge in [-0.1, -0.05) is 11.6 Å². The highest BCUT2D eigenvalue weighted by Gasteiger charge is 2.19. The summed E-state index contributed by atoms with van der Waals surface area (Å²) < 4.78 is 27.4. The SMILES string of the molecule is COC(=O)c1sc2cc(NC(=O)c3ccc(COc4ccc5c(c4)OCO5)o3)ccc2c1Cl. The molecule has 0 fully saturated rings. The van der Waals surface area contributed by atoms with Crippen LogP contribution >= 0.6 is 22.9 Å². The molecule has 1 amide bonds. The van der Waals surface area contributed by atoms with Crippen molar-refractivity contribution in [3.05, 3.63) is 70.0 Å². The number of benzene rings is 2. The molecular formula is C23H16ClNO7S. The third-order valence-electron chi connectivity index (χ3n) is 4.87. The molecule has 4 aromatic rings. The van der Waals surface area contributed by atoms with Crippen LogP contribution in [-0.4, -0.2) is 25.8 Å². The van der Waals surface area contributed by atoms with Crippen molar-refractivity contribution in [1.82, 2.24) is 0 Å². The summed E-state index contributed by atoms with van der Waals surface area (Å²) in [5.74, 6) is 1.59. The van der Waals surface area contributed by atoms with Crippen LogP contribution in [0.2, 0.25) is 5.02 Å². The average Bonchev–Trinajstić information content (AvgIpc) is 3.55. The van der Waals surface area contributed by atoms with Gasteiger partial charge in [-0.2, -0.15) is 0 Å². The van der Waals surface area contributed by atoms with Gasteiger partial charge < -0.3 is 28.7 Å². The van der Waals surface area contributed by atoms with E-state index in [1.807, 2.05) is 0 Å². The molecule has 33 heavy (non-hydrogen) atoms. The third kappa shape index (κ3) is 4.20. The fourth-order valence-corrected chi connectivity index (χ4v) is 4.72. The Kier molecular flexibility index (Phi) is 5.57. The number of furan rings is 1. The van der Waals surface area contributed by atoms with Crippen molar-refractivity contribution in [1.29, 1.82) is 0 Å². The number of anilines is 1. The summed E-state index contributed by atoms with van der Waals surface area (Å²) in [5, 5.41) is 3.82. The zero-order valence-electron chi connectivity index (χ0n) is 17.2. The van der Waals surface area contributed by atoms with E-state index in [4.69, 9.17) is 35.0 Å². The molecule has 0 unspecified atom stereocenters. The molecule has 0 atom stereocenters. The average molecular weight is 486 g/mol. The van der Waals surface area contributed by atoms with Crippen molar-refractivity contribution in [3.8, 4) is 17.2 Å². The van der Waals surface area contributed by atoms with Crippen LogP contribution in [0.15, 0.2) is 52.9 Å². The minimum atomic E-state index is -0.502. The van der Waals surface area contributed by atoms with E-state index in [0.29, 0.717) is 44.0 Å². The molecule has 8 nitrogen and oxygen atoms in total. The second-order valence-corrected chi connectivity index (χ2v) is 8.40. The molecule has 0 spiro atoms. The minimum absolute atomic E-state index is 0.138. The lowest BCUT2D eigenvalue weighted by Crippen LogP contribution is -2.10. The second kappa shape index (κ2) is 8.68. The second-order valence-electron chi connectivity index (χ2n) is 6.97. The number of methoxy groups -OCH3 is 1. The van der Waals surface area contributed by atoms with E-state index in [1.165, 1.54) is 18.4 Å². The Balaban J connectivity index is 1.25. The molecule has 5 rings (SSSR count). The van der Waals surface area contributed by atoms with Gasteiger partial charge in [-0.3, -0.25) is 4.79 Å². The van der Waals surface area contributed by atoms with Crippen LogP contribution in [0.4, 0.5) is 5.69 Å². The maximum atomic E-state index is 12.6. The molecule has 168 valence electrons. The maximum absolute atomic E-state index is 12.6. The first-order valence-corrected chi connectivity index (χ1v) is 10.9. The predicted octanol–water partition coefficient (Wildman–Crippen LogP) is 5.49. The molecule has 3 heterocycles. The largest absolute Gasteiger partial charge is 0.486 e. The van der Waals surface area contributed by atoms with E-state index < -0.39 is 11.9 Å². The minimum Gasteiger partial charge on any atom is -0.486 e. The van der Waals surface area contributed by atoms with Gasteiger partial charge in [0.25, 0.3) is 5.91 Å². The summed E-state index contributed by atoms with van der Waals surface area (Å²) >= 11 is 7.47. The van der Waals surface area contributed by atoms with Crippen LogP contribution < -0.4 is 19.5 Å². The fourth-order valence-electron chi connectivity index (χ4n) is 3.26. The number of rotatable bonds is 6. The molecule has 1 aliphatic heterocycles. The lowest BCUT2D eigenvalue weighted by Gasteiger charge is -2.05. The third-order valence-corrected chi connectivity index (χ3v) is 6.51. The Morgan fingerprint density at radius 1 is 1.09 bits per heavy atom. The summed E-state index contributed by atoms with van der Waals surface area (Å²) in [6, 6.07) is 13.7. The molecule has 0 saturated heterocycles. The highest BCUT2D eigenvalue weighted by molar-refractivity contribution is 7.21. The number of thiophene rings is 1. The number of esters is 1. The number of hydrogen-bond donors (Lipinski definition) is 1. The number of amides is 1. The summed E-state index contributed by atoms with van der Waals surface area (Å²) in [6.45, 7) is 0.331. The lowest BCUT2D eigenvalue weighted by atomic mass is 10.2. The van der Waals surface area contributed by atoms with Crippen LogP contribution in [0.5, 0.6) is 17.2 Å². The van der Waals surface area contributed by atoms with E-state index in [0.717, 1.165) is 4.70 Å². The van der Waals surface area contributed by atoms with Crippen molar-refractivity contribution in [2.75, 3.05) is 19.2 Å². The molecule has 0 bridgehead atoms. The highest BCUT2D eigenvalue weighted by atomic mass is 35.5. The summed E-state index contributed by atoms with van der Waals surface area (Å²) in [6.07, 6.45) is 0. The first kappa shape index (κ1) is 21.2. The van der Waals surface area contributed by atoms with Gasteiger partial charge in [-0.05, 0) is 42.5 Å². The van der Waals surface area contributed by atoms with Crippen molar-refractivity contribution in [2.24, 2.45) is 0 Å². The van der Waals surface area contributed by atoms with Crippen molar-refractivity contribution >= 4 is 50.6 Å². The Labute approximate surface area is 196 Å². The van der Waals surface area contributed by atoms with Gasteiger partial charge in [0.2, 0.25) is 6.79 Å². The highest BCUT2D eigenvalue weighted by Crippen LogP contribution is 2.37. The van der Waals surface area contributed by atoms with Gasteiger partial charge in [0, 0.05) is 21.8 Å². The van der Waals surface area contributed by atoms with E-state index in [9.17, 15) is 9.59 Å². The molecular weight excluding hydrogens is 470 g/mol. The Bertz CT molecular complexity index is 1380. The van der Waals surface area contributed by atoms with Crippen LogP contribution in [0.25, 0.3) is 10.1 Å².